The predicted octanol–water partition coefficient (Wildman–Crippen LogP) is 3.31. The van der Waals surface area contributed by atoms with Crippen molar-refractivity contribution in [1.29, 1.82) is 0 Å². The lowest BCUT2D eigenvalue weighted by Gasteiger charge is -2.28. The molecule has 2 aliphatic rings. The maximum Gasteiger partial charge on any atom is 0.226 e. The van der Waals surface area contributed by atoms with Crippen LogP contribution in [0.25, 0.3) is 11.3 Å². The minimum atomic E-state index is -0.215. The maximum absolute atomic E-state index is 13.3. The molecule has 1 fully saturated rings. The number of benzene rings is 1. The molecule has 0 bridgehead atoms. The van der Waals surface area contributed by atoms with Crippen LogP contribution in [0.15, 0.2) is 24.3 Å². The van der Waals surface area contributed by atoms with E-state index in [-0.39, 0.29) is 5.82 Å². The number of aromatic nitrogens is 2. The van der Waals surface area contributed by atoms with Crippen molar-refractivity contribution in [1.82, 2.24) is 15.3 Å². The molecule has 0 radical (unpaired) electrons. The SMILES string of the molecule is Fc1ccc(-c2nc(N3CCCCC3)nc3c2CNCCC3)cc1. The Kier molecular flexibility index (Phi) is 4.43. The number of nitrogens with zero attached hydrogens (tertiary/aromatic N) is 3. The van der Waals surface area contributed by atoms with Gasteiger partial charge in [-0.05, 0) is 62.9 Å². The summed E-state index contributed by atoms with van der Waals surface area (Å²) in [6.07, 6.45) is 5.75. The molecule has 3 heterocycles. The number of anilines is 1. The van der Waals surface area contributed by atoms with Crippen molar-refractivity contribution in [2.45, 2.75) is 38.6 Å². The van der Waals surface area contributed by atoms with Gasteiger partial charge in [0, 0.05) is 30.8 Å². The fourth-order valence-electron chi connectivity index (χ4n) is 3.59. The van der Waals surface area contributed by atoms with Crippen LogP contribution in [-0.4, -0.2) is 29.6 Å². The van der Waals surface area contributed by atoms with Crippen molar-refractivity contribution in [2.75, 3.05) is 24.5 Å². The molecule has 4 rings (SSSR count). The Hall–Kier alpha value is -2.01. The third-order valence-corrected chi connectivity index (χ3v) is 4.91. The molecule has 0 saturated carbocycles. The largest absolute Gasteiger partial charge is 0.341 e. The van der Waals surface area contributed by atoms with Gasteiger partial charge in [0.15, 0.2) is 0 Å². The number of hydrogen-bond donors (Lipinski definition) is 1. The van der Waals surface area contributed by atoms with Gasteiger partial charge < -0.3 is 10.2 Å². The minimum absolute atomic E-state index is 0.215. The molecule has 126 valence electrons. The Morgan fingerprint density at radius 1 is 0.958 bits per heavy atom. The second kappa shape index (κ2) is 6.85. The van der Waals surface area contributed by atoms with E-state index in [1.165, 1.54) is 37.0 Å². The Balaban J connectivity index is 1.81. The van der Waals surface area contributed by atoms with Crippen molar-refractivity contribution in [3.63, 3.8) is 0 Å². The second-order valence-corrected chi connectivity index (χ2v) is 6.63. The van der Waals surface area contributed by atoms with Crippen LogP contribution in [0, 0.1) is 5.82 Å². The predicted molar refractivity (Wildman–Crippen MR) is 93.5 cm³/mol. The number of aryl methyl sites for hydroxylation is 1. The van der Waals surface area contributed by atoms with E-state index in [0.717, 1.165) is 61.9 Å². The van der Waals surface area contributed by atoms with Gasteiger partial charge in [-0.3, -0.25) is 0 Å². The fraction of sp³-hybridized carbons (Fsp3) is 0.474. The third-order valence-electron chi connectivity index (χ3n) is 4.91. The highest BCUT2D eigenvalue weighted by Crippen LogP contribution is 2.29. The number of fused-ring (bicyclic) bond motifs is 1. The molecular formula is C19H23FN4. The van der Waals surface area contributed by atoms with E-state index in [2.05, 4.69) is 10.2 Å². The van der Waals surface area contributed by atoms with Crippen LogP contribution in [0.4, 0.5) is 10.3 Å². The van der Waals surface area contributed by atoms with Gasteiger partial charge in [0.1, 0.15) is 5.82 Å². The maximum atomic E-state index is 13.3. The smallest absolute Gasteiger partial charge is 0.226 e. The highest BCUT2D eigenvalue weighted by Gasteiger charge is 2.21. The van der Waals surface area contributed by atoms with Crippen LogP contribution in [0.3, 0.4) is 0 Å². The van der Waals surface area contributed by atoms with Crippen LogP contribution in [0.2, 0.25) is 0 Å². The second-order valence-electron chi connectivity index (χ2n) is 6.63. The summed E-state index contributed by atoms with van der Waals surface area (Å²) in [6, 6.07) is 6.66. The molecule has 24 heavy (non-hydrogen) atoms. The van der Waals surface area contributed by atoms with Crippen molar-refractivity contribution < 1.29 is 4.39 Å². The summed E-state index contributed by atoms with van der Waals surface area (Å²) < 4.78 is 13.3. The third kappa shape index (κ3) is 3.13. The van der Waals surface area contributed by atoms with Gasteiger partial charge in [0.05, 0.1) is 11.4 Å². The molecular weight excluding hydrogens is 303 g/mol. The molecule has 2 aromatic rings. The van der Waals surface area contributed by atoms with Crippen LogP contribution in [-0.2, 0) is 13.0 Å². The normalized spacial score (nSPS) is 18.1. The zero-order chi connectivity index (χ0) is 16.4. The summed E-state index contributed by atoms with van der Waals surface area (Å²) in [5.74, 6) is 0.628. The van der Waals surface area contributed by atoms with E-state index in [1.807, 2.05) is 12.1 Å². The highest BCUT2D eigenvalue weighted by atomic mass is 19.1. The summed E-state index contributed by atoms with van der Waals surface area (Å²) in [4.78, 5) is 12.1. The molecule has 2 aliphatic heterocycles. The van der Waals surface area contributed by atoms with E-state index in [0.29, 0.717) is 0 Å². The molecule has 0 aliphatic carbocycles. The molecule has 1 aromatic carbocycles. The first-order valence-corrected chi connectivity index (χ1v) is 8.93. The summed E-state index contributed by atoms with van der Waals surface area (Å²) >= 11 is 0. The van der Waals surface area contributed by atoms with Crippen molar-refractivity contribution >= 4 is 5.95 Å². The number of halogens is 1. The van der Waals surface area contributed by atoms with Gasteiger partial charge in [-0.25, -0.2) is 14.4 Å². The molecule has 0 unspecified atom stereocenters. The summed E-state index contributed by atoms with van der Waals surface area (Å²) in [6.45, 7) is 3.83. The van der Waals surface area contributed by atoms with Crippen molar-refractivity contribution in [3.05, 3.63) is 41.3 Å². The molecule has 5 heteroatoms. The number of nitrogens with one attached hydrogen (secondary N) is 1. The zero-order valence-corrected chi connectivity index (χ0v) is 13.9. The lowest BCUT2D eigenvalue weighted by atomic mass is 10.0. The Bertz CT molecular complexity index is 708. The molecule has 0 atom stereocenters. The van der Waals surface area contributed by atoms with Crippen LogP contribution < -0.4 is 10.2 Å². The number of rotatable bonds is 2. The highest BCUT2D eigenvalue weighted by molar-refractivity contribution is 5.65. The average molecular weight is 326 g/mol. The van der Waals surface area contributed by atoms with Crippen LogP contribution in [0.5, 0.6) is 0 Å². The summed E-state index contributed by atoms with van der Waals surface area (Å²) in [7, 11) is 0. The van der Waals surface area contributed by atoms with Gasteiger partial charge in [0.2, 0.25) is 5.95 Å². The molecule has 0 spiro atoms. The van der Waals surface area contributed by atoms with Gasteiger partial charge in [0.25, 0.3) is 0 Å². The summed E-state index contributed by atoms with van der Waals surface area (Å²) in [5, 5.41) is 3.46. The first-order chi connectivity index (χ1) is 11.8. The standard InChI is InChI=1S/C19H23FN4/c20-15-8-6-14(7-9-15)18-16-13-21-10-4-5-17(16)22-19(23-18)24-11-2-1-3-12-24/h6-9,21H,1-5,10-13H2. The molecule has 1 saturated heterocycles. The first-order valence-electron chi connectivity index (χ1n) is 8.93. The quantitative estimate of drug-likeness (QED) is 0.919. The van der Waals surface area contributed by atoms with Gasteiger partial charge >= 0.3 is 0 Å². The van der Waals surface area contributed by atoms with E-state index in [1.54, 1.807) is 0 Å². The fourth-order valence-corrected chi connectivity index (χ4v) is 3.59. The zero-order valence-electron chi connectivity index (χ0n) is 13.9. The van der Waals surface area contributed by atoms with E-state index < -0.39 is 0 Å². The van der Waals surface area contributed by atoms with Crippen molar-refractivity contribution in [2.24, 2.45) is 0 Å². The van der Waals surface area contributed by atoms with Gasteiger partial charge in [-0.1, -0.05) is 0 Å². The van der Waals surface area contributed by atoms with Crippen LogP contribution in [0.1, 0.15) is 36.9 Å². The number of piperidine rings is 1. The van der Waals surface area contributed by atoms with Crippen LogP contribution >= 0.6 is 0 Å². The van der Waals surface area contributed by atoms with E-state index >= 15 is 0 Å². The summed E-state index contributed by atoms with van der Waals surface area (Å²) in [5.41, 5.74) is 4.24. The Morgan fingerprint density at radius 2 is 1.75 bits per heavy atom. The first kappa shape index (κ1) is 15.5. The molecule has 1 N–H and O–H groups in total. The Morgan fingerprint density at radius 3 is 2.54 bits per heavy atom. The van der Waals surface area contributed by atoms with E-state index in [9.17, 15) is 4.39 Å². The lowest BCUT2D eigenvalue weighted by Crippen LogP contribution is -2.31. The molecule has 0 amide bonds. The molecule has 4 nitrogen and oxygen atoms in total. The van der Waals surface area contributed by atoms with E-state index in [4.69, 9.17) is 9.97 Å². The number of hydrogen-bond acceptors (Lipinski definition) is 4. The van der Waals surface area contributed by atoms with Gasteiger partial charge in [-0.15, -0.1) is 0 Å². The molecule has 1 aromatic heterocycles. The lowest BCUT2D eigenvalue weighted by molar-refractivity contribution is 0.567. The van der Waals surface area contributed by atoms with Crippen molar-refractivity contribution in [3.8, 4) is 11.3 Å². The topological polar surface area (TPSA) is 41.1 Å². The monoisotopic (exact) mass is 326 g/mol. The Labute approximate surface area is 142 Å². The van der Waals surface area contributed by atoms with Gasteiger partial charge in [-0.2, -0.15) is 0 Å². The average Bonchev–Trinajstić information content (AvgIpc) is 2.88. The minimum Gasteiger partial charge on any atom is -0.341 e.